The van der Waals surface area contributed by atoms with Gasteiger partial charge in [-0.25, -0.2) is 8.78 Å². The predicted octanol–water partition coefficient (Wildman–Crippen LogP) is 2.93. The fraction of sp³-hybridized carbons (Fsp3) is 0.500. The zero-order valence-corrected chi connectivity index (χ0v) is 11.3. The fourth-order valence-electron chi connectivity index (χ4n) is 1.52. The predicted molar refractivity (Wildman–Crippen MR) is 71.9 cm³/mol. The Labute approximate surface area is 112 Å². The third kappa shape index (κ3) is 6.18. The minimum absolute atomic E-state index is 0.0456. The van der Waals surface area contributed by atoms with Crippen molar-refractivity contribution in [1.82, 2.24) is 5.32 Å². The Hall–Kier alpha value is -1.65. The molecule has 5 heteroatoms. The minimum Gasteiger partial charge on any atom is -0.384 e. The van der Waals surface area contributed by atoms with Crippen LogP contribution in [0.25, 0.3) is 0 Å². The summed E-state index contributed by atoms with van der Waals surface area (Å²) in [6, 6.07) is 3.57. The molecule has 1 rings (SSSR count). The molecule has 0 bridgehead atoms. The maximum atomic E-state index is 12.9. The largest absolute Gasteiger partial charge is 0.384 e. The lowest BCUT2D eigenvalue weighted by Gasteiger charge is -2.08. The minimum atomic E-state index is -0.897. The lowest BCUT2D eigenvalue weighted by atomic mass is 10.1. The molecule has 0 radical (unpaired) electrons. The van der Waals surface area contributed by atoms with Gasteiger partial charge in [0.1, 0.15) is 0 Å². The normalized spacial score (nSPS) is 10.6. The van der Waals surface area contributed by atoms with E-state index in [0.29, 0.717) is 31.1 Å². The van der Waals surface area contributed by atoms with Crippen LogP contribution in [0.4, 0.5) is 14.5 Å². The van der Waals surface area contributed by atoms with Crippen molar-refractivity contribution in [3.8, 4) is 0 Å². The van der Waals surface area contributed by atoms with Crippen LogP contribution < -0.4 is 10.6 Å². The Morgan fingerprint density at radius 3 is 2.58 bits per heavy atom. The first-order valence-corrected chi connectivity index (χ1v) is 6.44. The van der Waals surface area contributed by atoms with Crippen molar-refractivity contribution in [2.75, 3.05) is 18.4 Å². The van der Waals surface area contributed by atoms with E-state index in [1.54, 1.807) is 0 Å². The average Bonchev–Trinajstić information content (AvgIpc) is 2.33. The Balaban J connectivity index is 2.22. The molecule has 1 aromatic rings. The van der Waals surface area contributed by atoms with E-state index in [1.807, 2.05) is 0 Å². The molecule has 0 aromatic heterocycles. The van der Waals surface area contributed by atoms with Gasteiger partial charge in [0.2, 0.25) is 5.91 Å². The third-order valence-corrected chi connectivity index (χ3v) is 2.64. The number of amides is 1. The van der Waals surface area contributed by atoms with Crippen LogP contribution in [0.15, 0.2) is 18.2 Å². The standard InChI is InChI=1S/C14H20F2N2O/c1-10(2)5-7-18-14(19)6-8-17-11-3-4-12(15)13(16)9-11/h3-4,9-10,17H,5-8H2,1-2H3,(H,18,19). The molecule has 1 aromatic carbocycles. The highest BCUT2D eigenvalue weighted by Gasteiger charge is 2.04. The van der Waals surface area contributed by atoms with E-state index in [2.05, 4.69) is 24.5 Å². The molecule has 0 aliphatic carbocycles. The maximum absolute atomic E-state index is 12.9. The molecule has 19 heavy (non-hydrogen) atoms. The van der Waals surface area contributed by atoms with Crippen molar-refractivity contribution in [3.05, 3.63) is 29.8 Å². The highest BCUT2D eigenvalue weighted by molar-refractivity contribution is 5.76. The second kappa shape index (κ2) is 7.71. The zero-order chi connectivity index (χ0) is 14.3. The number of benzene rings is 1. The van der Waals surface area contributed by atoms with Gasteiger partial charge >= 0.3 is 0 Å². The number of hydrogen-bond acceptors (Lipinski definition) is 2. The van der Waals surface area contributed by atoms with Crippen LogP contribution in [0.3, 0.4) is 0 Å². The summed E-state index contributed by atoms with van der Waals surface area (Å²) >= 11 is 0. The van der Waals surface area contributed by atoms with Gasteiger partial charge < -0.3 is 10.6 Å². The van der Waals surface area contributed by atoms with Crippen LogP contribution in [0, 0.1) is 17.6 Å². The molecule has 3 nitrogen and oxygen atoms in total. The average molecular weight is 270 g/mol. The van der Waals surface area contributed by atoms with E-state index in [1.165, 1.54) is 6.07 Å². The van der Waals surface area contributed by atoms with E-state index in [-0.39, 0.29) is 5.91 Å². The van der Waals surface area contributed by atoms with Gasteiger partial charge in [0, 0.05) is 25.2 Å². The maximum Gasteiger partial charge on any atom is 0.221 e. The molecular formula is C14H20F2N2O. The van der Waals surface area contributed by atoms with E-state index >= 15 is 0 Å². The Morgan fingerprint density at radius 1 is 1.21 bits per heavy atom. The number of hydrogen-bond donors (Lipinski definition) is 2. The number of anilines is 1. The smallest absolute Gasteiger partial charge is 0.221 e. The summed E-state index contributed by atoms with van der Waals surface area (Å²) in [6.07, 6.45) is 1.25. The Morgan fingerprint density at radius 2 is 1.95 bits per heavy atom. The van der Waals surface area contributed by atoms with Gasteiger partial charge in [-0.2, -0.15) is 0 Å². The van der Waals surface area contributed by atoms with Crippen LogP contribution in [-0.2, 0) is 4.79 Å². The van der Waals surface area contributed by atoms with Crippen LogP contribution >= 0.6 is 0 Å². The summed E-state index contributed by atoms with van der Waals surface area (Å²) in [6.45, 7) is 5.24. The Kier molecular flexibility index (Phi) is 6.25. The van der Waals surface area contributed by atoms with Crippen molar-refractivity contribution >= 4 is 11.6 Å². The fourth-order valence-corrected chi connectivity index (χ4v) is 1.52. The van der Waals surface area contributed by atoms with E-state index in [4.69, 9.17) is 0 Å². The number of rotatable bonds is 7. The Bertz CT molecular complexity index is 422. The van der Waals surface area contributed by atoms with E-state index < -0.39 is 11.6 Å². The molecule has 106 valence electrons. The first-order chi connectivity index (χ1) is 8.99. The molecule has 2 N–H and O–H groups in total. The number of halogens is 2. The van der Waals surface area contributed by atoms with Crippen molar-refractivity contribution in [1.29, 1.82) is 0 Å². The second-order valence-corrected chi connectivity index (χ2v) is 4.84. The lowest BCUT2D eigenvalue weighted by Crippen LogP contribution is -2.27. The molecule has 0 saturated heterocycles. The lowest BCUT2D eigenvalue weighted by molar-refractivity contribution is -0.120. The van der Waals surface area contributed by atoms with Crippen LogP contribution in [0.2, 0.25) is 0 Å². The van der Waals surface area contributed by atoms with Gasteiger partial charge in [-0.1, -0.05) is 13.8 Å². The van der Waals surface area contributed by atoms with Crippen LogP contribution in [0.1, 0.15) is 26.7 Å². The van der Waals surface area contributed by atoms with Gasteiger partial charge in [0.25, 0.3) is 0 Å². The van der Waals surface area contributed by atoms with E-state index in [0.717, 1.165) is 18.6 Å². The molecule has 0 fully saturated rings. The van der Waals surface area contributed by atoms with Crippen LogP contribution in [-0.4, -0.2) is 19.0 Å². The molecule has 0 atom stereocenters. The van der Waals surface area contributed by atoms with Crippen molar-refractivity contribution in [2.24, 2.45) is 5.92 Å². The number of carbonyl (C=O) groups is 1. The summed E-state index contributed by atoms with van der Waals surface area (Å²) in [7, 11) is 0. The van der Waals surface area contributed by atoms with Gasteiger partial charge in [0.15, 0.2) is 11.6 Å². The third-order valence-electron chi connectivity index (χ3n) is 2.64. The molecular weight excluding hydrogens is 250 g/mol. The van der Waals surface area contributed by atoms with Gasteiger partial charge in [0.05, 0.1) is 0 Å². The van der Waals surface area contributed by atoms with Gasteiger partial charge in [-0.15, -0.1) is 0 Å². The summed E-state index contributed by atoms with van der Waals surface area (Å²) in [5, 5.41) is 5.68. The molecule has 0 heterocycles. The zero-order valence-electron chi connectivity index (χ0n) is 11.3. The SMILES string of the molecule is CC(C)CCNC(=O)CCNc1ccc(F)c(F)c1. The van der Waals surface area contributed by atoms with Crippen molar-refractivity contribution in [3.63, 3.8) is 0 Å². The molecule has 0 aliphatic heterocycles. The quantitative estimate of drug-likeness (QED) is 0.800. The highest BCUT2D eigenvalue weighted by atomic mass is 19.2. The summed E-state index contributed by atoms with van der Waals surface area (Å²) in [5.41, 5.74) is 0.467. The molecule has 1 amide bonds. The van der Waals surface area contributed by atoms with E-state index in [9.17, 15) is 13.6 Å². The summed E-state index contributed by atoms with van der Waals surface area (Å²) in [5.74, 6) is -1.26. The first-order valence-electron chi connectivity index (χ1n) is 6.44. The van der Waals surface area contributed by atoms with Gasteiger partial charge in [-0.05, 0) is 30.5 Å². The summed E-state index contributed by atoms with van der Waals surface area (Å²) < 4.78 is 25.6. The molecule has 0 saturated carbocycles. The highest BCUT2D eigenvalue weighted by Crippen LogP contribution is 2.12. The second-order valence-electron chi connectivity index (χ2n) is 4.84. The molecule has 0 unspecified atom stereocenters. The molecule has 0 aliphatic rings. The summed E-state index contributed by atoms with van der Waals surface area (Å²) in [4.78, 5) is 11.5. The van der Waals surface area contributed by atoms with Crippen molar-refractivity contribution in [2.45, 2.75) is 26.7 Å². The number of nitrogens with one attached hydrogen (secondary N) is 2. The number of carbonyl (C=O) groups excluding carboxylic acids is 1. The monoisotopic (exact) mass is 270 g/mol. The molecule has 0 spiro atoms. The van der Waals surface area contributed by atoms with Gasteiger partial charge in [-0.3, -0.25) is 4.79 Å². The van der Waals surface area contributed by atoms with Crippen molar-refractivity contribution < 1.29 is 13.6 Å². The van der Waals surface area contributed by atoms with Crippen LogP contribution in [0.5, 0.6) is 0 Å². The topological polar surface area (TPSA) is 41.1 Å². The first kappa shape index (κ1) is 15.4.